The number of aromatic amines is 1. The van der Waals surface area contributed by atoms with Crippen molar-refractivity contribution in [1.82, 2.24) is 39.9 Å². The number of aliphatic hydroxyl groups excluding tert-OH is 1. The Kier molecular flexibility index (Phi) is 8.28. The van der Waals surface area contributed by atoms with E-state index in [1.807, 2.05) is 23.1 Å². The molecule has 232 valence electrons. The molecule has 0 spiro atoms. The summed E-state index contributed by atoms with van der Waals surface area (Å²) in [6, 6.07) is 7.08. The summed E-state index contributed by atoms with van der Waals surface area (Å²) in [5.74, 6) is -0.0427. The maximum atomic E-state index is 13.5. The summed E-state index contributed by atoms with van der Waals surface area (Å²) in [5, 5.41) is 27.6. The average molecular weight is 610 g/mol. The number of nitrogens with one attached hydrogen (secondary N) is 2. The zero-order valence-corrected chi connectivity index (χ0v) is 24.3. The number of aromatic nitrogens is 6. The molecule has 3 N–H and O–H groups in total. The molecule has 1 aliphatic heterocycles. The molecule has 0 amide bonds. The van der Waals surface area contributed by atoms with E-state index in [2.05, 4.69) is 41.3 Å². The number of ether oxygens (including phenoxy) is 1. The van der Waals surface area contributed by atoms with Gasteiger partial charge >= 0.3 is 6.18 Å². The van der Waals surface area contributed by atoms with E-state index < -0.39 is 23.5 Å². The molecule has 14 heteroatoms. The lowest BCUT2D eigenvalue weighted by molar-refractivity contribution is -0.141. The summed E-state index contributed by atoms with van der Waals surface area (Å²) in [6.45, 7) is 3.48. The van der Waals surface area contributed by atoms with E-state index in [1.54, 1.807) is 13.1 Å². The van der Waals surface area contributed by atoms with Crippen LogP contribution in [0.3, 0.4) is 0 Å². The molecule has 1 aliphatic carbocycles. The summed E-state index contributed by atoms with van der Waals surface area (Å²) in [4.78, 5) is 17.9. The van der Waals surface area contributed by atoms with E-state index in [0.29, 0.717) is 24.8 Å². The Balaban J connectivity index is 1.07. The van der Waals surface area contributed by atoms with Crippen LogP contribution in [0.25, 0.3) is 22.3 Å². The minimum absolute atomic E-state index is 0.0427. The van der Waals surface area contributed by atoms with Crippen LogP contribution in [0.2, 0.25) is 0 Å². The van der Waals surface area contributed by atoms with Gasteiger partial charge in [0.25, 0.3) is 0 Å². The summed E-state index contributed by atoms with van der Waals surface area (Å²) < 4.78 is 48.4. The maximum absolute atomic E-state index is 13.5. The van der Waals surface area contributed by atoms with Crippen molar-refractivity contribution in [1.29, 1.82) is 5.26 Å². The SMILES string of the molecule is C[C@H](O)CNCc1cc(OC2CCN(C3CC(CC#N)(n4cc(-c5ncnc6[nH]ccc56)cn4)C3)CC2)nc(C(F)(F)F)c1. The number of hydrogen-bond acceptors (Lipinski definition) is 9. The predicted molar refractivity (Wildman–Crippen MR) is 154 cm³/mol. The minimum Gasteiger partial charge on any atom is -0.474 e. The van der Waals surface area contributed by atoms with Crippen LogP contribution in [-0.2, 0) is 18.3 Å². The molecule has 6 rings (SSSR count). The highest BCUT2D eigenvalue weighted by atomic mass is 19.4. The highest BCUT2D eigenvalue weighted by molar-refractivity contribution is 5.90. The molecule has 0 bridgehead atoms. The fourth-order valence-corrected chi connectivity index (χ4v) is 6.26. The number of aliphatic hydroxyl groups is 1. The lowest BCUT2D eigenvalue weighted by Crippen LogP contribution is -2.58. The molecule has 2 fully saturated rings. The van der Waals surface area contributed by atoms with Gasteiger partial charge in [0, 0.05) is 61.6 Å². The molecule has 1 saturated heterocycles. The fourth-order valence-electron chi connectivity index (χ4n) is 6.26. The van der Waals surface area contributed by atoms with Crippen LogP contribution < -0.4 is 10.1 Å². The van der Waals surface area contributed by atoms with Gasteiger partial charge in [-0.2, -0.15) is 23.5 Å². The van der Waals surface area contributed by atoms with Gasteiger partial charge in [-0.25, -0.2) is 15.0 Å². The van der Waals surface area contributed by atoms with Crippen LogP contribution in [-0.4, -0.2) is 77.6 Å². The standard InChI is InChI=1S/C30H34F3N9O2/c1-19(43)14-35-15-20-10-25(30(31,32)33)40-26(11-20)44-23-3-8-41(9-4-23)22-12-29(13-22,5-6-34)42-17-21(16-39-42)27-24-2-7-36-28(24)38-18-37-27/h2,7,10-11,16-19,22-23,35,43H,3-5,8-9,12-15H2,1H3,(H,36,37,38)/t19-,22?,29?/m0/s1. The second-order valence-corrected chi connectivity index (χ2v) is 11.8. The van der Waals surface area contributed by atoms with Gasteiger partial charge in [0.1, 0.15) is 23.8 Å². The van der Waals surface area contributed by atoms with E-state index in [4.69, 9.17) is 4.74 Å². The van der Waals surface area contributed by atoms with Crippen molar-refractivity contribution in [3.63, 3.8) is 0 Å². The first-order chi connectivity index (χ1) is 21.1. The fraction of sp³-hybridized carbons (Fsp3) is 0.500. The Morgan fingerprint density at radius 3 is 2.77 bits per heavy atom. The first kappa shape index (κ1) is 30.0. The molecular formula is C30H34F3N9O2. The van der Waals surface area contributed by atoms with E-state index in [-0.39, 0.29) is 31.1 Å². The lowest BCUT2D eigenvalue weighted by Gasteiger charge is -2.52. The van der Waals surface area contributed by atoms with Gasteiger partial charge in [-0.15, -0.1) is 0 Å². The number of likely N-dealkylation sites (tertiary alicyclic amines) is 1. The van der Waals surface area contributed by atoms with E-state index >= 15 is 0 Å². The maximum Gasteiger partial charge on any atom is 0.433 e. The van der Waals surface area contributed by atoms with E-state index in [9.17, 15) is 23.5 Å². The van der Waals surface area contributed by atoms with Crippen LogP contribution >= 0.6 is 0 Å². The third kappa shape index (κ3) is 6.26. The summed E-state index contributed by atoms with van der Waals surface area (Å²) >= 11 is 0. The van der Waals surface area contributed by atoms with Crippen molar-refractivity contribution in [3.8, 4) is 23.2 Å². The second-order valence-electron chi connectivity index (χ2n) is 11.8. The molecule has 0 aromatic carbocycles. The number of rotatable bonds is 10. The van der Waals surface area contributed by atoms with Gasteiger partial charge in [-0.1, -0.05) is 0 Å². The highest BCUT2D eigenvalue weighted by Crippen LogP contribution is 2.45. The smallest absolute Gasteiger partial charge is 0.433 e. The predicted octanol–water partition coefficient (Wildman–Crippen LogP) is 4.02. The Morgan fingerprint density at radius 2 is 2.05 bits per heavy atom. The van der Waals surface area contributed by atoms with Crippen molar-refractivity contribution < 1.29 is 23.0 Å². The topological polar surface area (TPSA) is 141 Å². The summed E-state index contributed by atoms with van der Waals surface area (Å²) in [5.41, 5.74) is 1.38. The molecule has 0 radical (unpaired) electrons. The largest absolute Gasteiger partial charge is 0.474 e. The van der Waals surface area contributed by atoms with Crippen molar-refractivity contribution in [2.45, 2.75) is 75.5 Å². The van der Waals surface area contributed by atoms with E-state index in [0.717, 1.165) is 54.3 Å². The van der Waals surface area contributed by atoms with Crippen molar-refractivity contribution in [2.24, 2.45) is 0 Å². The van der Waals surface area contributed by atoms with Gasteiger partial charge in [-0.3, -0.25) is 9.58 Å². The average Bonchev–Trinajstić information content (AvgIpc) is 3.65. The number of nitriles is 1. The quantitative estimate of drug-likeness (QED) is 0.243. The van der Waals surface area contributed by atoms with Gasteiger partial charge < -0.3 is 20.1 Å². The second kappa shape index (κ2) is 12.1. The number of pyridine rings is 1. The summed E-state index contributed by atoms with van der Waals surface area (Å²) in [7, 11) is 0. The molecular weight excluding hydrogens is 575 g/mol. The monoisotopic (exact) mass is 609 g/mol. The number of halogens is 3. The van der Waals surface area contributed by atoms with Crippen molar-refractivity contribution in [3.05, 3.63) is 54.4 Å². The van der Waals surface area contributed by atoms with Gasteiger partial charge in [0.2, 0.25) is 5.88 Å². The third-order valence-corrected chi connectivity index (χ3v) is 8.54. The van der Waals surface area contributed by atoms with Crippen LogP contribution in [0, 0.1) is 11.3 Å². The number of nitrogens with zero attached hydrogens (tertiary/aromatic N) is 7. The number of hydrogen-bond donors (Lipinski definition) is 3. The Morgan fingerprint density at radius 1 is 1.25 bits per heavy atom. The Hall–Kier alpha value is -4.06. The first-order valence-corrected chi connectivity index (χ1v) is 14.7. The number of alkyl halides is 3. The molecule has 4 aromatic heterocycles. The minimum atomic E-state index is -4.60. The zero-order chi connectivity index (χ0) is 30.9. The van der Waals surface area contributed by atoms with Crippen LogP contribution in [0.5, 0.6) is 5.88 Å². The summed E-state index contributed by atoms with van der Waals surface area (Å²) in [6.07, 6.45) is 4.80. The van der Waals surface area contributed by atoms with Crippen LogP contribution in [0.15, 0.2) is 43.1 Å². The number of H-pyrrole nitrogens is 1. The van der Waals surface area contributed by atoms with Crippen LogP contribution in [0.1, 0.15) is 50.3 Å². The van der Waals surface area contributed by atoms with Crippen molar-refractivity contribution in [2.75, 3.05) is 19.6 Å². The van der Waals surface area contributed by atoms with Gasteiger partial charge in [-0.05, 0) is 50.3 Å². The molecule has 44 heavy (non-hydrogen) atoms. The lowest BCUT2D eigenvalue weighted by atomic mass is 9.69. The zero-order valence-electron chi connectivity index (χ0n) is 24.3. The molecule has 1 saturated carbocycles. The van der Waals surface area contributed by atoms with Gasteiger partial charge in [0.05, 0.1) is 36.0 Å². The molecule has 5 heterocycles. The molecule has 0 unspecified atom stereocenters. The van der Waals surface area contributed by atoms with Gasteiger partial charge in [0.15, 0.2) is 0 Å². The molecule has 2 aliphatic rings. The molecule has 1 atom stereocenters. The normalized spacial score (nSPS) is 22.0. The molecule has 11 nitrogen and oxygen atoms in total. The first-order valence-electron chi connectivity index (χ1n) is 14.7. The van der Waals surface area contributed by atoms with E-state index in [1.165, 1.54) is 12.4 Å². The Labute approximate surface area is 252 Å². The van der Waals surface area contributed by atoms with Crippen molar-refractivity contribution >= 4 is 11.0 Å². The number of fused-ring (bicyclic) bond motifs is 1. The molecule has 4 aromatic rings. The Bertz CT molecular complexity index is 1630. The third-order valence-electron chi connectivity index (χ3n) is 8.54. The number of piperidine rings is 1. The highest BCUT2D eigenvalue weighted by Gasteiger charge is 2.49. The van der Waals surface area contributed by atoms with Crippen LogP contribution in [0.4, 0.5) is 13.2 Å².